The van der Waals surface area contributed by atoms with E-state index in [0.717, 1.165) is 64.2 Å². The van der Waals surface area contributed by atoms with E-state index in [1.165, 1.54) is 77.0 Å². The van der Waals surface area contributed by atoms with Crippen molar-refractivity contribution in [2.75, 3.05) is 6.61 Å². The number of carbonyl (C=O) groups excluding carboxylic acids is 1. The van der Waals surface area contributed by atoms with Crippen molar-refractivity contribution in [3.05, 3.63) is 24.3 Å². The van der Waals surface area contributed by atoms with E-state index in [-0.39, 0.29) is 12.8 Å². The number of amides is 1. The summed E-state index contributed by atoms with van der Waals surface area (Å²) in [6, 6.07) is -1.15. The molecule has 1 amide bonds. The van der Waals surface area contributed by atoms with Gasteiger partial charge in [-0.25, -0.2) is 4.57 Å². The second-order valence-corrected chi connectivity index (χ2v) is 17.5. The van der Waals surface area contributed by atoms with Gasteiger partial charge in [0.05, 0.1) is 31.3 Å². The Hall–Kier alpha value is -1.22. The van der Waals surface area contributed by atoms with E-state index >= 15 is 0 Å². The van der Waals surface area contributed by atoms with Crippen molar-refractivity contribution < 1.29 is 59.0 Å². The Morgan fingerprint density at radius 2 is 1.02 bits per heavy atom. The fraction of sp³-hybridized carbons (Fsp3) is 0.884. The third-order valence-electron chi connectivity index (χ3n) is 10.8. The molecule has 0 saturated heterocycles. The molecule has 0 aliphatic heterocycles. The summed E-state index contributed by atoms with van der Waals surface area (Å²) in [4.78, 5) is 23.4. The van der Waals surface area contributed by atoms with Gasteiger partial charge in [0.25, 0.3) is 0 Å². The Labute approximate surface area is 344 Å². The minimum atomic E-state index is -5.11. The van der Waals surface area contributed by atoms with Crippen LogP contribution in [0.4, 0.5) is 0 Å². The average Bonchev–Trinajstić information content (AvgIpc) is 3.18. The number of allylic oxidation sites excluding steroid dienone is 4. The van der Waals surface area contributed by atoms with E-state index in [1.807, 2.05) is 0 Å². The Morgan fingerprint density at radius 1 is 0.614 bits per heavy atom. The molecule has 1 fully saturated rings. The number of aliphatic hydroxyl groups excluding tert-OH is 7. The van der Waals surface area contributed by atoms with Crippen LogP contribution in [0.25, 0.3) is 0 Å². The molecule has 0 spiro atoms. The number of aliphatic hydroxyl groups is 7. The van der Waals surface area contributed by atoms with Crippen molar-refractivity contribution in [1.29, 1.82) is 0 Å². The number of nitrogens with one attached hydrogen (secondary N) is 1. The zero-order chi connectivity index (χ0) is 42.3. The lowest BCUT2D eigenvalue weighted by Gasteiger charge is -2.41. The van der Waals surface area contributed by atoms with E-state index in [4.69, 9.17) is 9.05 Å². The highest BCUT2D eigenvalue weighted by atomic mass is 31.2. The predicted octanol–water partition coefficient (Wildman–Crippen LogP) is 6.81. The third-order valence-corrected chi connectivity index (χ3v) is 11.8. The summed E-state index contributed by atoms with van der Waals surface area (Å²) in [6.45, 7) is 3.72. The van der Waals surface area contributed by atoms with Gasteiger partial charge in [0.1, 0.15) is 36.6 Å². The standard InChI is InChI=1S/C43H82NO12P/c1-3-5-7-9-11-13-15-16-17-18-19-20-21-22-24-26-28-30-34(45)32-37(47)44-35(36(46)31-29-27-25-23-14-12-10-8-6-4-2)33-55-57(53,54)56-43-41(51)39(49)38(48)40(50)42(43)52/h11,13,15-16,34-36,38-43,45-46,48-52H,3-10,12,14,17-33H2,1-2H3,(H,44,47)(H,53,54)/b13-11-,16-15-. The largest absolute Gasteiger partial charge is 0.472 e. The fourth-order valence-corrected chi connectivity index (χ4v) is 8.08. The zero-order valence-electron chi connectivity index (χ0n) is 35.3. The van der Waals surface area contributed by atoms with Crippen molar-refractivity contribution >= 4 is 13.7 Å². The first-order valence-electron chi connectivity index (χ1n) is 22.4. The highest BCUT2D eigenvalue weighted by Gasteiger charge is 2.51. The number of hydrogen-bond acceptors (Lipinski definition) is 11. The number of unbranched alkanes of at least 4 members (excludes halogenated alkanes) is 20. The van der Waals surface area contributed by atoms with Gasteiger partial charge in [0.15, 0.2) is 0 Å². The summed E-state index contributed by atoms with van der Waals surface area (Å²) in [5.74, 6) is -0.567. The molecule has 13 nitrogen and oxygen atoms in total. The van der Waals surface area contributed by atoms with E-state index in [0.29, 0.717) is 12.8 Å². The van der Waals surface area contributed by atoms with Crippen LogP contribution in [-0.4, -0.2) is 108 Å². The van der Waals surface area contributed by atoms with E-state index < -0.39 is 75.2 Å². The van der Waals surface area contributed by atoms with Gasteiger partial charge in [-0.05, 0) is 38.5 Å². The summed E-state index contributed by atoms with van der Waals surface area (Å²) in [5.41, 5.74) is 0. The first kappa shape index (κ1) is 53.8. The maximum atomic E-state index is 13.0. The molecule has 1 saturated carbocycles. The molecule has 8 atom stereocenters. The monoisotopic (exact) mass is 836 g/mol. The molecule has 0 radical (unpaired) electrons. The fourth-order valence-electron chi connectivity index (χ4n) is 7.12. The van der Waals surface area contributed by atoms with Crippen LogP contribution >= 0.6 is 7.82 Å². The van der Waals surface area contributed by atoms with Crippen molar-refractivity contribution in [3.8, 4) is 0 Å². The summed E-state index contributed by atoms with van der Waals surface area (Å²) < 4.78 is 22.8. The molecule has 8 unspecified atom stereocenters. The van der Waals surface area contributed by atoms with Gasteiger partial charge < -0.3 is 46.0 Å². The smallest absolute Gasteiger partial charge is 0.393 e. The van der Waals surface area contributed by atoms with Crippen LogP contribution in [0.5, 0.6) is 0 Å². The summed E-state index contributed by atoms with van der Waals surface area (Å²) in [5, 5.41) is 74.4. The van der Waals surface area contributed by atoms with Crippen LogP contribution in [0.15, 0.2) is 24.3 Å². The highest BCUT2D eigenvalue weighted by molar-refractivity contribution is 7.47. The molecule has 14 heteroatoms. The second kappa shape index (κ2) is 33.5. The predicted molar refractivity (Wildman–Crippen MR) is 224 cm³/mol. The molecule has 0 aromatic heterocycles. The number of rotatable bonds is 36. The number of phosphoric acid groups is 1. The Balaban J connectivity index is 2.50. The van der Waals surface area contributed by atoms with Crippen molar-refractivity contribution in [3.63, 3.8) is 0 Å². The second-order valence-electron chi connectivity index (χ2n) is 16.1. The van der Waals surface area contributed by atoms with Crippen LogP contribution in [0, 0.1) is 0 Å². The van der Waals surface area contributed by atoms with Gasteiger partial charge in [-0.3, -0.25) is 13.8 Å². The summed E-state index contributed by atoms with van der Waals surface area (Å²) >= 11 is 0. The van der Waals surface area contributed by atoms with Crippen molar-refractivity contribution in [2.45, 2.75) is 236 Å². The van der Waals surface area contributed by atoms with Crippen LogP contribution in [-0.2, 0) is 18.4 Å². The van der Waals surface area contributed by atoms with E-state index in [2.05, 4.69) is 43.5 Å². The van der Waals surface area contributed by atoms with Crippen LogP contribution in [0.3, 0.4) is 0 Å². The van der Waals surface area contributed by atoms with Crippen LogP contribution in [0.1, 0.15) is 181 Å². The molecule has 0 aromatic carbocycles. The lowest BCUT2D eigenvalue weighted by molar-refractivity contribution is -0.220. The first-order chi connectivity index (χ1) is 27.3. The van der Waals surface area contributed by atoms with Gasteiger partial charge in [0, 0.05) is 0 Å². The minimum Gasteiger partial charge on any atom is -0.393 e. The van der Waals surface area contributed by atoms with Gasteiger partial charge in [-0.1, -0.05) is 160 Å². The SMILES string of the molecule is CCCCC/C=C\C=C/CCCCCCCCCCC(O)CC(=O)NC(COP(=O)(O)OC1C(O)C(O)C(O)C(O)C1O)C(O)CCCCCCCCCCCC. The number of carbonyl (C=O) groups is 1. The van der Waals surface area contributed by atoms with Gasteiger partial charge in [-0.15, -0.1) is 0 Å². The van der Waals surface area contributed by atoms with Crippen molar-refractivity contribution in [2.24, 2.45) is 0 Å². The topological polar surface area (TPSA) is 226 Å². The lowest BCUT2D eigenvalue weighted by Crippen LogP contribution is -2.64. The molecule has 0 heterocycles. The maximum Gasteiger partial charge on any atom is 0.472 e. The van der Waals surface area contributed by atoms with E-state index in [9.17, 15) is 50.0 Å². The molecule has 1 rings (SSSR count). The average molecular weight is 836 g/mol. The van der Waals surface area contributed by atoms with Gasteiger partial charge >= 0.3 is 7.82 Å². The van der Waals surface area contributed by atoms with Gasteiger partial charge in [-0.2, -0.15) is 0 Å². The molecule has 9 N–H and O–H groups in total. The highest BCUT2D eigenvalue weighted by Crippen LogP contribution is 2.47. The summed E-state index contributed by atoms with van der Waals surface area (Å²) in [7, 11) is -5.11. The third kappa shape index (κ3) is 25.9. The molecule has 57 heavy (non-hydrogen) atoms. The van der Waals surface area contributed by atoms with Crippen LogP contribution in [0.2, 0.25) is 0 Å². The van der Waals surface area contributed by atoms with Crippen molar-refractivity contribution in [1.82, 2.24) is 5.32 Å². The molecular weight excluding hydrogens is 753 g/mol. The lowest BCUT2D eigenvalue weighted by atomic mass is 9.85. The molecule has 0 bridgehead atoms. The molecule has 1 aliphatic rings. The zero-order valence-corrected chi connectivity index (χ0v) is 36.1. The molecule has 0 aromatic rings. The first-order valence-corrected chi connectivity index (χ1v) is 23.9. The number of hydrogen-bond donors (Lipinski definition) is 9. The molecule has 1 aliphatic carbocycles. The van der Waals surface area contributed by atoms with Crippen LogP contribution < -0.4 is 5.32 Å². The quantitative estimate of drug-likeness (QED) is 0.0180. The van der Waals surface area contributed by atoms with Gasteiger partial charge in [0.2, 0.25) is 5.91 Å². The van der Waals surface area contributed by atoms with E-state index in [1.54, 1.807) is 0 Å². The maximum absolute atomic E-state index is 13.0. The summed E-state index contributed by atoms with van der Waals surface area (Å²) in [6.07, 6.45) is 20.9. The Kier molecular flexibility index (Phi) is 31.6. The Bertz CT molecular complexity index is 1080. The normalized spacial score (nSPS) is 24.2. The minimum absolute atomic E-state index is 0.226. The number of phosphoric ester groups is 1. The molecule has 336 valence electrons. The Morgan fingerprint density at radius 3 is 1.53 bits per heavy atom. The molecular formula is C43H82NO12P.